The summed E-state index contributed by atoms with van der Waals surface area (Å²) in [4.78, 5) is 22.7. The van der Waals surface area contributed by atoms with Crippen LogP contribution in [0.25, 0.3) is 0 Å². The molecule has 2 aromatic heterocycles. The van der Waals surface area contributed by atoms with Crippen molar-refractivity contribution in [2.75, 3.05) is 6.54 Å². The van der Waals surface area contributed by atoms with E-state index in [0.29, 0.717) is 5.56 Å². The molecule has 6 nitrogen and oxygen atoms in total. The number of amides is 1. The molecule has 1 aliphatic heterocycles. The summed E-state index contributed by atoms with van der Waals surface area (Å²) in [5.74, 6) is -0.0250. The Kier molecular flexibility index (Phi) is 3.14. The molecule has 3 rings (SSSR count). The Bertz CT molecular complexity index is 560. The van der Waals surface area contributed by atoms with Gasteiger partial charge in [-0.25, -0.2) is 0 Å². The second kappa shape index (κ2) is 5.09. The minimum absolute atomic E-state index is 0.00867. The highest BCUT2D eigenvalue weighted by molar-refractivity contribution is 5.94. The van der Waals surface area contributed by atoms with E-state index in [1.54, 1.807) is 24.7 Å². The molecule has 0 unspecified atom stereocenters. The molecule has 1 saturated heterocycles. The highest BCUT2D eigenvalue weighted by atomic mass is 16.2. The Morgan fingerprint density at radius 2 is 2.16 bits per heavy atom. The summed E-state index contributed by atoms with van der Waals surface area (Å²) in [7, 11) is 0. The highest BCUT2D eigenvalue weighted by Crippen LogP contribution is 2.31. The van der Waals surface area contributed by atoms with Crippen LogP contribution in [0.3, 0.4) is 0 Å². The lowest BCUT2D eigenvalue weighted by Gasteiger charge is -2.23. The summed E-state index contributed by atoms with van der Waals surface area (Å²) in [5.41, 5.74) is 1.40. The van der Waals surface area contributed by atoms with Gasteiger partial charge in [-0.3, -0.25) is 14.8 Å². The van der Waals surface area contributed by atoms with Crippen LogP contribution in [0.5, 0.6) is 0 Å². The number of carbonyl (C=O) groups is 1. The van der Waals surface area contributed by atoms with Crippen molar-refractivity contribution < 1.29 is 4.79 Å². The van der Waals surface area contributed by atoms with Gasteiger partial charge in [-0.15, -0.1) is 0 Å². The molecule has 0 aromatic carbocycles. The second-order valence-corrected chi connectivity index (χ2v) is 4.42. The number of hydrogen-bond donors (Lipinski definition) is 0. The fourth-order valence-electron chi connectivity index (χ4n) is 2.38. The molecular weight excluding hydrogens is 242 g/mol. The monoisotopic (exact) mass is 255 g/mol. The van der Waals surface area contributed by atoms with Gasteiger partial charge in [0, 0.05) is 18.9 Å². The van der Waals surface area contributed by atoms with Gasteiger partial charge in [-0.05, 0) is 18.9 Å². The smallest absolute Gasteiger partial charge is 0.256 e. The summed E-state index contributed by atoms with van der Waals surface area (Å²) < 4.78 is 0. The summed E-state index contributed by atoms with van der Waals surface area (Å²) in [6.45, 7) is 0.738. The van der Waals surface area contributed by atoms with Crippen LogP contribution in [0.15, 0.2) is 37.1 Å². The number of likely N-dealkylation sites (tertiary alicyclic amines) is 1. The van der Waals surface area contributed by atoms with Gasteiger partial charge in [0.25, 0.3) is 5.91 Å². The molecule has 0 radical (unpaired) electrons. The molecule has 0 N–H and O–H groups in total. The molecule has 19 heavy (non-hydrogen) atoms. The van der Waals surface area contributed by atoms with Gasteiger partial charge in [0.2, 0.25) is 0 Å². The first kappa shape index (κ1) is 11.7. The Morgan fingerprint density at radius 1 is 1.21 bits per heavy atom. The SMILES string of the molecule is O=C(c1ccnnc1)N1CCC[C@@H]1c1cnccn1. The first-order valence-corrected chi connectivity index (χ1v) is 6.20. The van der Waals surface area contributed by atoms with Crippen LogP contribution in [0.2, 0.25) is 0 Å². The summed E-state index contributed by atoms with van der Waals surface area (Å²) in [6.07, 6.45) is 9.94. The minimum atomic E-state index is -0.0250. The number of rotatable bonds is 2. The van der Waals surface area contributed by atoms with E-state index < -0.39 is 0 Å². The summed E-state index contributed by atoms with van der Waals surface area (Å²) >= 11 is 0. The maximum absolute atomic E-state index is 12.4. The topological polar surface area (TPSA) is 71.9 Å². The standard InChI is InChI=1S/C13H13N5O/c19-13(10-3-4-16-17-8-10)18-7-1-2-12(18)11-9-14-5-6-15-11/h3-6,8-9,12H,1-2,7H2/t12-/m1/s1. The maximum Gasteiger partial charge on any atom is 0.256 e. The van der Waals surface area contributed by atoms with Crippen molar-refractivity contribution in [1.29, 1.82) is 0 Å². The third kappa shape index (κ3) is 2.29. The number of aromatic nitrogens is 4. The Balaban J connectivity index is 1.86. The van der Waals surface area contributed by atoms with Crippen LogP contribution in [0, 0.1) is 0 Å². The van der Waals surface area contributed by atoms with Crippen LogP contribution in [-0.4, -0.2) is 37.5 Å². The molecule has 1 amide bonds. The van der Waals surface area contributed by atoms with Crippen LogP contribution in [0.1, 0.15) is 34.9 Å². The van der Waals surface area contributed by atoms with Crippen molar-refractivity contribution in [3.8, 4) is 0 Å². The predicted molar refractivity (Wildman–Crippen MR) is 67.1 cm³/mol. The molecule has 0 bridgehead atoms. The second-order valence-electron chi connectivity index (χ2n) is 4.42. The van der Waals surface area contributed by atoms with Gasteiger partial charge in [0.15, 0.2) is 0 Å². The number of carbonyl (C=O) groups excluding carboxylic acids is 1. The lowest BCUT2D eigenvalue weighted by atomic mass is 10.1. The van der Waals surface area contributed by atoms with Crippen LogP contribution < -0.4 is 0 Å². The third-order valence-electron chi connectivity index (χ3n) is 3.27. The maximum atomic E-state index is 12.4. The van der Waals surface area contributed by atoms with Gasteiger partial charge < -0.3 is 4.90 Å². The Labute approximate surface area is 110 Å². The van der Waals surface area contributed by atoms with E-state index in [4.69, 9.17) is 0 Å². The lowest BCUT2D eigenvalue weighted by Crippen LogP contribution is -2.31. The van der Waals surface area contributed by atoms with E-state index in [-0.39, 0.29) is 11.9 Å². The summed E-state index contributed by atoms with van der Waals surface area (Å²) in [5, 5.41) is 7.44. The van der Waals surface area contributed by atoms with Crippen molar-refractivity contribution >= 4 is 5.91 Å². The molecule has 0 aliphatic carbocycles. The van der Waals surface area contributed by atoms with Crippen LogP contribution in [-0.2, 0) is 0 Å². The fourth-order valence-corrected chi connectivity index (χ4v) is 2.38. The first-order chi connectivity index (χ1) is 9.36. The van der Waals surface area contributed by atoms with E-state index in [1.165, 1.54) is 12.4 Å². The zero-order valence-electron chi connectivity index (χ0n) is 10.3. The molecule has 1 fully saturated rings. The summed E-state index contributed by atoms with van der Waals surface area (Å²) in [6, 6.07) is 1.69. The molecule has 0 saturated carbocycles. The van der Waals surface area contributed by atoms with Gasteiger partial charge in [-0.1, -0.05) is 0 Å². The van der Waals surface area contributed by atoms with Gasteiger partial charge >= 0.3 is 0 Å². The van der Waals surface area contributed by atoms with Crippen LogP contribution >= 0.6 is 0 Å². The zero-order chi connectivity index (χ0) is 13.1. The van der Waals surface area contributed by atoms with Gasteiger partial charge in [-0.2, -0.15) is 10.2 Å². The molecule has 6 heteroatoms. The van der Waals surface area contributed by atoms with Crippen molar-refractivity contribution in [3.63, 3.8) is 0 Å². The van der Waals surface area contributed by atoms with Crippen molar-refractivity contribution in [2.24, 2.45) is 0 Å². The molecular formula is C13H13N5O. The lowest BCUT2D eigenvalue weighted by molar-refractivity contribution is 0.0732. The van der Waals surface area contributed by atoms with Crippen molar-refractivity contribution in [1.82, 2.24) is 25.1 Å². The van der Waals surface area contributed by atoms with E-state index >= 15 is 0 Å². The van der Waals surface area contributed by atoms with E-state index in [9.17, 15) is 4.79 Å². The average Bonchev–Trinajstić information content (AvgIpc) is 2.98. The normalized spacial score (nSPS) is 18.5. The molecule has 2 aromatic rings. The minimum Gasteiger partial charge on any atom is -0.330 e. The molecule has 96 valence electrons. The van der Waals surface area contributed by atoms with E-state index in [2.05, 4.69) is 20.2 Å². The van der Waals surface area contributed by atoms with Crippen LogP contribution in [0.4, 0.5) is 0 Å². The average molecular weight is 255 g/mol. The quantitative estimate of drug-likeness (QED) is 0.807. The third-order valence-corrected chi connectivity index (χ3v) is 3.27. The number of hydrogen-bond acceptors (Lipinski definition) is 5. The van der Waals surface area contributed by atoms with Gasteiger partial charge in [0.05, 0.1) is 35.9 Å². The molecule has 0 spiro atoms. The highest BCUT2D eigenvalue weighted by Gasteiger charge is 2.31. The largest absolute Gasteiger partial charge is 0.330 e. The molecule has 3 heterocycles. The Hall–Kier alpha value is -2.37. The number of nitrogens with zero attached hydrogens (tertiary/aromatic N) is 5. The fraction of sp³-hybridized carbons (Fsp3) is 0.308. The van der Waals surface area contributed by atoms with Crippen molar-refractivity contribution in [2.45, 2.75) is 18.9 Å². The predicted octanol–water partition coefficient (Wildman–Crippen LogP) is 1.24. The zero-order valence-corrected chi connectivity index (χ0v) is 10.3. The van der Waals surface area contributed by atoms with E-state index in [1.807, 2.05) is 4.90 Å². The molecule has 1 aliphatic rings. The molecule has 1 atom stereocenters. The Morgan fingerprint density at radius 3 is 2.89 bits per heavy atom. The van der Waals surface area contributed by atoms with E-state index in [0.717, 1.165) is 25.1 Å². The van der Waals surface area contributed by atoms with Crippen molar-refractivity contribution in [3.05, 3.63) is 48.3 Å². The first-order valence-electron chi connectivity index (χ1n) is 6.20. The van der Waals surface area contributed by atoms with Gasteiger partial charge in [0.1, 0.15) is 0 Å².